The van der Waals surface area contributed by atoms with E-state index in [9.17, 15) is 10.2 Å². The summed E-state index contributed by atoms with van der Waals surface area (Å²) in [5, 5.41) is 25.0. The first-order valence-electron chi connectivity index (χ1n) is 13.4. The van der Waals surface area contributed by atoms with Gasteiger partial charge in [0.05, 0.1) is 19.2 Å². The van der Waals surface area contributed by atoms with Gasteiger partial charge in [-0.05, 0) is 93.1 Å². The summed E-state index contributed by atoms with van der Waals surface area (Å²) < 4.78 is 23.6. The molecular weight excluding hydrogens is 372 g/mol. The second-order valence-corrected chi connectivity index (χ2v) is 11.0. The van der Waals surface area contributed by atoms with E-state index in [2.05, 4.69) is 31.6 Å². The lowest BCUT2D eigenvalue weighted by Gasteiger charge is -2.44. The second-order valence-electron chi connectivity index (χ2n) is 11.0. The molecule has 0 spiro atoms. The molecule has 0 aromatic rings. The highest BCUT2D eigenvalue weighted by Crippen LogP contribution is 2.60. The van der Waals surface area contributed by atoms with Crippen LogP contribution in [0.15, 0.2) is 35.5 Å². The number of hydrogen-bond acceptors (Lipinski definition) is 3. The third-order valence-corrected chi connectivity index (χ3v) is 8.15. The molecule has 3 aliphatic carbocycles. The van der Waals surface area contributed by atoms with Gasteiger partial charge in [0.1, 0.15) is 0 Å². The van der Waals surface area contributed by atoms with E-state index in [1.54, 1.807) is 0 Å². The highest BCUT2D eigenvalue weighted by molar-refractivity contribution is 5.38. The molecule has 3 unspecified atom stereocenters. The number of allylic oxidation sites excluding steroid dienone is 3. The van der Waals surface area contributed by atoms with E-state index in [1.165, 1.54) is 31.3 Å². The zero-order chi connectivity index (χ0) is 24.6. The Kier molecular flexibility index (Phi) is 6.13. The van der Waals surface area contributed by atoms with Gasteiger partial charge >= 0.3 is 0 Å². The monoisotopic (exact) mass is 419 g/mol. The van der Waals surface area contributed by atoms with Crippen molar-refractivity contribution in [1.82, 2.24) is 0 Å². The van der Waals surface area contributed by atoms with Crippen molar-refractivity contribution >= 4 is 0 Å². The number of hydrogen-bond donors (Lipinski definition) is 3. The Hall–Kier alpha value is -0.900. The highest BCUT2D eigenvalue weighted by Gasteiger charge is 2.50. The van der Waals surface area contributed by atoms with E-state index in [1.807, 2.05) is 19.9 Å². The van der Waals surface area contributed by atoms with Crippen LogP contribution in [0.1, 0.15) is 94.6 Å². The number of fused-ring (bicyclic) bond motifs is 1. The van der Waals surface area contributed by atoms with Crippen molar-refractivity contribution in [3.8, 4) is 0 Å². The van der Waals surface area contributed by atoms with E-state index in [4.69, 9.17) is 4.17 Å². The van der Waals surface area contributed by atoms with Gasteiger partial charge in [-0.3, -0.25) is 0 Å². The molecule has 0 bridgehead atoms. The van der Waals surface area contributed by atoms with Crippen LogP contribution in [0.3, 0.4) is 0 Å². The topological polar surface area (TPSA) is 60.7 Å². The van der Waals surface area contributed by atoms with Crippen LogP contribution in [0.2, 0.25) is 0 Å². The normalized spacial score (nSPS) is 45.1. The van der Waals surface area contributed by atoms with Gasteiger partial charge < -0.3 is 15.3 Å². The fourth-order valence-corrected chi connectivity index (χ4v) is 6.47. The zero-order valence-corrected chi connectivity index (χ0v) is 19.4. The summed E-state index contributed by atoms with van der Waals surface area (Å²) in [6.07, 6.45) is 9.01. The minimum Gasteiger partial charge on any atom is -0.393 e. The van der Waals surface area contributed by atoms with Crippen molar-refractivity contribution in [2.24, 2.45) is 23.2 Å². The van der Waals surface area contributed by atoms with Crippen molar-refractivity contribution in [1.29, 1.82) is 1.43 Å². The maximum Gasteiger partial charge on any atom is 0.210 e. The third kappa shape index (κ3) is 5.29. The summed E-state index contributed by atoms with van der Waals surface area (Å²) in [5.41, 5.74) is 2.32. The van der Waals surface area contributed by atoms with E-state index in [0.29, 0.717) is 28.9 Å². The van der Waals surface area contributed by atoms with Crippen LogP contribution in [0.4, 0.5) is 0 Å². The molecule has 3 heteroatoms. The van der Waals surface area contributed by atoms with Gasteiger partial charge in [0.2, 0.25) is 1.43 Å². The standard InChI is InChI=1S/C27H44O3/c1-18(8-6-14-26(3,4)30)23-12-13-24-20(9-7-15-27(23,24)5)10-11-21-16-22(28)17-25(29)19(21)2/h10-11,18,22-25,28-30H,2,6-9,12-17H2,1,3-5H3/t18-,22-,23-,24?,25?,27-/m1/s1/i17D,22D,28D/t17?,18-,22-,23-,24?,25?,27-. The molecular formula is C27H44O3. The van der Waals surface area contributed by atoms with Crippen LogP contribution < -0.4 is 0 Å². The van der Waals surface area contributed by atoms with E-state index in [0.717, 1.165) is 25.7 Å². The smallest absolute Gasteiger partial charge is 0.210 e. The molecule has 3 N–H and O–H groups in total. The average Bonchev–Trinajstić information content (AvgIpc) is 3.10. The van der Waals surface area contributed by atoms with E-state index in [-0.39, 0.29) is 11.8 Å². The molecule has 3 fully saturated rings. The molecule has 3 rings (SSSR count). The molecule has 3 saturated carbocycles. The molecule has 3 nitrogen and oxygen atoms in total. The lowest BCUT2D eigenvalue weighted by atomic mass is 9.60. The van der Waals surface area contributed by atoms with Crippen molar-refractivity contribution in [3.63, 3.8) is 0 Å². The predicted molar refractivity (Wildman–Crippen MR) is 124 cm³/mol. The maximum atomic E-state index is 10.4. The van der Waals surface area contributed by atoms with Gasteiger partial charge in [-0.25, -0.2) is 0 Å². The number of rotatable bonds is 7. The molecule has 0 amide bonds. The molecule has 3 aliphatic rings. The van der Waals surface area contributed by atoms with Crippen LogP contribution in [0, 0.1) is 23.2 Å². The van der Waals surface area contributed by atoms with Crippen molar-refractivity contribution in [2.45, 2.75) is 110 Å². The first-order chi connectivity index (χ1) is 15.3. The Morgan fingerprint density at radius 3 is 2.87 bits per heavy atom. The largest absolute Gasteiger partial charge is 0.393 e. The molecule has 0 heterocycles. The van der Waals surface area contributed by atoms with Crippen LogP contribution >= 0.6 is 0 Å². The van der Waals surface area contributed by atoms with Crippen LogP contribution in [0.5, 0.6) is 0 Å². The summed E-state index contributed by atoms with van der Waals surface area (Å²) in [6, 6.07) is 0. The Bertz CT molecular complexity index is 786. The second kappa shape index (κ2) is 9.30. The van der Waals surface area contributed by atoms with Gasteiger partial charge in [0.15, 0.2) is 0 Å². The molecule has 0 aromatic carbocycles. The fourth-order valence-electron chi connectivity index (χ4n) is 6.47. The van der Waals surface area contributed by atoms with E-state index >= 15 is 0 Å². The minimum atomic E-state index is -1.77. The average molecular weight is 420 g/mol. The molecule has 30 heavy (non-hydrogen) atoms. The molecule has 0 aromatic heterocycles. The van der Waals surface area contributed by atoms with Crippen LogP contribution in [-0.2, 0) is 0 Å². The predicted octanol–water partition coefficient (Wildman–Crippen LogP) is 5.70. The van der Waals surface area contributed by atoms with Gasteiger partial charge in [0.25, 0.3) is 0 Å². The zero-order valence-electron chi connectivity index (χ0n) is 22.4. The Morgan fingerprint density at radius 2 is 2.17 bits per heavy atom. The van der Waals surface area contributed by atoms with Gasteiger partial charge in [-0.1, -0.05) is 51.0 Å². The van der Waals surface area contributed by atoms with Gasteiger partial charge in [-0.15, -0.1) is 0 Å². The van der Waals surface area contributed by atoms with Crippen molar-refractivity contribution < 1.29 is 18.1 Å². The fraction of sp³-hybridized carbons (Fsp3) is 0.778. The van der Waals surface area contributed by atoms with Crippen molar-refractivity contribution in [3.05, 3.63) is 35.5 Å². The third-order valence-electron chi connectivity index (χ3n) is 8.15. The molecule has 0 aliphatic heterocycles. The molecule has 0 radical (unpaired) electrons. The first kappa shape index (κ1) is 19.8. The quantitative estimate of drug-likeness (QED) is 0.496. The van der Waals surface area contributed by atoms with Gasteiger partial charge in [0, 0.05) is 7.77 Å². The molecule has 170 valence electrons. The Labute approximate surface area is 188 Å². The van der Waals surface area contributed by atoms with Crippen molar-refractivity contribution in [2.75, 3.05) is 0 Å². The molecule has 7 atom stereocenters. The lowest BCUT2D eigenvalue weighted by Crippen LogP contribution is -2.36. The van der Waals surface area contributed by atoms with E-state index < -0.39 is 24.2 Å². The SMILES string of the molecule is [2H]O[C@]1([2H])CC(=CC=C2CCC[C@@]3(C)C2CC[C@@H]3[C@H](C)CCCC(C)(C)O)C(=C)C(O)C1[2H]. The summed E-state index contributed by atoms with van der Waals surface area (Å²) in [6.45, 7) is 12.6. The number of aliphatic hydroxyl groups excluding tert-OH is 1. The lowest BCUT2D eigenvalue weighted by molar-refractivity contribution is 0.0596. The summed E-state index contributed by atoms with van der Waals surface area (Å²) in [5.74, 6) is 1.87. The maximum absolute atomic E-state index is 10.4. The Balaban J connectivity index is 1.75. The minimum absolute atomic E-state index is 0.0904. The van der Waals surface area contributed by atoms with Crippen LogP contribution in [0.25, 0.3) is 0 Å². The summed E-state index contributed by atoms with van der Waals surface area (Å²) >= 11 is 0. The summed E-state index contributed by atoms with van der Waals surface area (Å²) in [7, 11) is 0. The molecule has 0 saturated heterocycles. The Morgan fingerprint density at radius 1 is 1.40 bits per heavy atom. The highest BCUT2D eigenvalue weighted by atomic mass is 16.3. The number of aliphatic hydroxyl groups is 3. The van der Waals surface area contributed by atoms with Gasteiger partial charge in [-0.2, -0.15) is 0 Å². The first-order valence-corrected chi connectivity index (χ1v) is 11.9. The summed E-state index contributed by atoms with van der Waals surface area (Å²) in [4.78, 5) is 0. The van der Waals surface area contributed by atoms with Crippen LogP contribution in [-0.4, -0.2) is 34.5 Å².